The molecular formula is C17H24N2O2. The van der Waals surface area contributed by atoms with Crippen LogP contribution >= 0.6 is 0 Å². The fourth-order valence-corrected chi connectivity index (χ4v) is 3.06. The number of allylic oxidation sites excluding steroid dienone is 1. The minimum absolute atomic E-state index is 0.0438. The monoisotopic (exact) mass is 288 g/mol. The van der Waals surface area contributed by atoms with E-state index < -0.39 is 0 Å². The van der Waals surface area contributed by atoms with Crippen LogP contribution in [0.3, 0.4) is 0 Å². The van der Waals surface area contributed by atoms with Gasteiger partial charge < -0.3 is 10.3 Å². The summed E-state index contributed by atoms with van der Waals surface area (Å²) in [4.78, 5) is 27.1. The third kappa shape index (κ3) is 3.26. The van der Waals surface area contributed by atoms with Gasteiger partial charge in [0.1, 0.15) is 0 Å². The topological polar surface area (TPSA) is 62.0 Å². The van der Waals surface area contributed by atoms with E-state index in [2.05, 4.69) is 16.4 Å². The highest BCUT2D eigenvalue weighted by Gasteiger charge is 2.22. The van der Waals surface area contributed by atoms with Gasteiger partial charge in [0, 0.05) is 18.7 Å². The molecule has 0 unspecified atom stereocenters. The molecule has 1 aliphatic rings. The molecule has 4 nitrogen and oxygen atoms in total. The zero-order chi connectivity index (χ0) is 15.6. The van der Waals surface area contributed by atoms with E-state index in [0.29, 0.717) is 11.3 Å². The Balaban J connectivity index is 2.17. The molecule has 1 amide bonds. The van der Waals surface area contributed by atoms with Crippen LogP contribution in [0.4, 0.5) is 0 Å². The first-order chi connectivity index (χ1) is 9.91. The zero-order valence-electron chi connectivity index (χ0n) is 13.3. The summed E-state index contributed by atoms with van der Waals surface area (Å²) in [5.74, 6) is -0.148. The van der Waals surface area contributed by atoms with Gasteiger partial charge in [0.25, 0.3) is 5.91 Å². The number of carbonyl (C=O) groups excluding carboxylic acids is 2. The summed E-state index contributed by atoms with van der Waals surface area (Å²) in [7, 11) is 0. The number of hydrogen-bond acceptors (Lipinski definition) is 2. The average molecular weight is 288 g/mol. The number of aromatic amines is 1. The molecule has 114 valence electrons. The van der Waals surface area contributed by atoms with Crippen molar-refractivity contribution < 1.29 is 9.59 Å². The highest BCUT2D eigenvalue weighted by Crippen LogP contribution is 2.22. The maximum absolute atomic E-state index is 12.5. The third-order valence-electron chi connectivity index (χ3n) is 4.25. The summed E-state index contributed by atoms with van der Waals surface area (Å²) in [5.41, 5.74) is 3.93. The Bertz CT molecular complexity index is 596. The number of H-pyrrole nitrogens is 1. The summed E-state index contributed by atoms with van der Waals surface area (Å²) in [6.07, 6.45) is 6.84. The van der Waals surface area contributed by atoms with Crippen LogP contribution in [0, 0.1) is 13.8 Å². The van der Waals surface area contributed by atoms with Gasteiger partial charge in [-0.15, -0.1) is 0 Å². The van der Waals surface area contributed by atoms with E-state index in [1.54, 1.807) is 0 Å². The van der Waals surface area contributed by atoms with Crippen LogP contribution < -0.4 is 5.32 Å². The molecular weight excluding hydrogens is 264 g/mol. The Morgan fingerprint density at radius 2 is 2.00 bits per heavy atom. The van der Waals surface area contributed by atoms with Crippen molar-refractivity contribution in [1.82, 2.24) is 10.3 Å². The van der Waals surface area contributed by atoms with E-state index in [4.69, 9.17) is 0 Å². The SMILES string of the molecule is CC(=O)c1[nH]c(C)c(C(=O)N[C@@H](C)C2=CCCCC2)c1C. The van der Waals surface area contributed by atoms with E-state index in [1.165, 1.54) is 25.3 Å². The maximum atomic E-state index is 12.5. The Morgan fingerprint density at radius 1 is 1.29 bits per heavy atom. The van der Waals surface area contributed by atoms with Crippen LogP contribution in [-0.4, -0.2) is 22.7 Å². The Morgan fingerprint density at radius 3 is 2.52 bits per heavy atom. The first-order valence-corrected chi connectivity index (χ1v) is 7.61. The molecule has 0 bridgehead atoms. The fourth-order valence-electron chi connectivity index (χ4n) is 3.06. The molecule has 0 saturated heterocycles. The summed E-state index contributed by atoms with van der Waals surface area (Å²) >= 11 is 0. The van der Waals surface area contributed by atoms with Crippen molar-refractivity contribution in [3.8, 4) is 0 Å². The molecule has 0 aromatic carbocycles. The lowest BCUT2D eigenvalue weighted by atomic mass is 9.94. The number of rotatable bonds is 4. The number of aromatic nitrogens is 1. The molecule has 0 fully saturated rings. The molecule has 0 saturated carbocycles. The number of amides is 1. The number of carbonyl (C=O) groups is 2. The lowest BCUT2D eigenvalue weighted by Crippen LogP contribution is -2.35. The molecule has 21 heavy (non-hydrogen) atoms. The molecule has 0 spiro atoms. The van der Waals surface area contributed by atoms with Gasteiger partial charge in [-0.25, -0.2) is 0 Å². The van der Waals surface area contributed by atoms with Gasteiger partial charge in [-0.2, -0.15) is 0 Å². The first-order valence-electron chi connectivity index (χ1n) is 7.61. The number of ketones is 1. The van der Waals surface area contributed by atoms with Crippen molar-refractivity contribution in [3.05, 3.63) is 34.2 Å². The Hall–Kier alpha value is -1.84. The van der Waals surface area contributed by atoms with Gasteiger partial charge in [0.15, 0.2) is 5.78 Å². The van der Waals surface area contributed by atoms with Gasteiger partial charge >= 0.3 is 0 Å². The molecule has 2 N–H and O–H groups in total. The summed E-state index contributed by atoms with van der Waals surface area (Å²) in [5, 5.41) is 3.06. The molecule has 4 heteroatoms. The van der Waals surface area contributed by atoms with Crippen molar-refractivity contribution in [2.24, 2.45) is 0 Å². The van der Waals surface area contributed by atoms with E-state index in [9.17, 15) is 9.59 Å². The van der Waals surface area contributed by atoms with Gasteiger partial charge in [-0.3, -0.25) is 9.59 Å². The molecule has 0 aliphatic heterocycles. The quantitative estimate of drug-likeness (QED) is 0.658. The van der Waals surface area contributed by atoms with Gasteiger partial charge in [-0.05, 0) is 52.0 Å². The molecule has 2 rings (SSSR count). The van der Waals surface area contributed by atoms with Crippen LogP contribution in [0.2, 0.25) is 0 Å². The lowest BCUT2D eigenvalue weighted by Gasteiger charge is -2.21. The smallest absolute Gasteiger partial charge is 0.253 e. The summed E-state index contributed by atoms with van der Waals surface area (Å²) in [6.45, 7) is 7.19. The van der Waals surface area contributed by atoms with Crippen LogP contribution in [0.25, 0.3) is 0 Å². The average Bonchev–Trinajstić information content (AvgIpc) is 2.75. The van der Waals surface area contributed by atoms with Gasteiger partial charge in [0.05, 0.1) is 11.3 Å². The Kier molecular flexibility index (Phi) is 4.66. The minimum Gasteiger partial charge on any atom is -0.355 e. The highest BCUT2D eigenvalue weighted by atomic mass is 16.2. The lowest BCUT2D eigenvalue weighted by molar-refractivity contribution is 0.0943. The van der Waals surface area contributed by atoms with Crippen LogP contribution in [0.15, 0.2) is 11.6 Å². The van der Waals surface area contributed by atoms with E-state index in [1.807, 2.05) is 20.8 Å². The predicted octanol–water partition coefficient (Wildman–Crippen LogP) is 3.45. The van der Waals surface area contributed by atoms with E-state index in [0.717, 1.165) is 24.1 Å². The predicted molar refractivity (Wildman–Crippen MR) is 83.8 cm³/mol. The van der Waals surface area contributed by atoms with E-state index in [-0.39, 0.29) is 17.7 Å². The largest absolute Gasteiger partial charge is 0.355 e. The number of hydrogen-bond donors (Lipinski definition) is 2. The number of aryl methyl sites for hydroxylation is 1. The number of nitrogens with one attached hydrogen (secondary N) is 2. The van der Waals surface area contributed by atoms with Crippen molar-refractivity contribution in [3.63, 3.8) is 0 Å². The summed E-state index contributed by atoms with van der Waals surface area (Å²) in [6, 6.07) is 0.0484. The molecule has 1 atom stereocenters. The van der Waals surface area contributed by atoms with Crippen molar-refractivity contribution in [2.75, 3.05) is 0 Å². The minimum atomic E-state index is -0.104. The van der Waals surface area contributed by atoms with Crippen LogP contribution in [-0.2, 0) is 0 Å². The first kappa shape index (κ1) is 15.5. The van der Waals surface area contributed by atoms with Crippen molar-refractivity contribution >= 4 is 11.7 Å². The zero-order valence-corrected chi connectivity index (χ0v) is 13.3. The molecule has 1 heterocycles. The van der Waals surface area contributed by atoms with Crippen LogP contribution in [0.5, 0.6) is 0 Å². The Labute approximate surface area is 126 Å². The van der Waals surface area contributed by atoms with Gasteiger partial charge in [-0.1, -0.05) is 11.6 Å². The number of Topliss-reactive ketones (excluding diaryl/α,β-unsaturated/α-hetero) is 1. The molecule has 1 aromatic rings. The second-order valence-electron chi connectivity index (χ2n) is 5.90. The van der Waals surface area contributed by atoms with Crippen molar-refractivity contribution in [1.29, 1.82) is 0 Å². The molecule has 1 aromatic heterocycles. The second-order valence-corrected chi connectivity index (χ2v) is 5.90. The summed E-state index contributed by atoms with van der Waals surface area (Å²) < 4.78 is 0. The van der Waals surface area contributed by atoms with Crippen LogP contribution in [0.1, 0.15) is 71.6 Å². The van der Waals surface area contributed by atoms with Crippen molar-refractivity contribution in [2.45, 2.75) is 59.4 Å². The maximum Gasteiger partial charge on any atom is 0.253 e. The highest BCUT2D eigenvalue weighted by molar-refractivity contribution is 6.02. The molecule has 0 radical (unpaired) electrons. The van der Waals surface area contributed by atoms with Gasteiger partial charge in [0.2, 0.25) is 0 Å². The molecule has 1 aliphatic carbocycles. The standard InChI is InChI=1S/C17H24N2O2/c1-10-15(12(3)18-16(10)13(4)20)17(21)19-11(2)14-8-6-5-7-9-14/h8,11,18H,5-7,9H2,1-4H3,(H,19,21)/t11-/m0/s1. The van der Waals surface area contributed by atoms with E-state index >= 15 is 0 Å². The second kappa shape index (κ2) is 6.29. The fraction of sp³-hybridized carbons (Fsp3) is 0.529. The third-order valence-corrected chi connectivity index (χ3v) is 4.25. The normalized spacial score (nSPS) is 16.3.